The molecule has 0 radical (unpaired) electrons. The second kappa shape index (κ2) is 6.69. The highest BCUT2D eigenvalue weighted by atomic mass is 15.4. The van der Waals surface area contributed by atoms with E-state index < -0.39 is 0 Å². The average Bonchev–Trinajstić information content (AvgIpc) is 3.13. The maximum atomic E-state index is 8.84. The van der Waals surface area contributed by atoms with Gasteiger partial charge in [0.2, 0.25) is 0 Å². The zero-order valence-electron chi connectivity index (χ0n) is 14.5. The molecule has 0 fully saturated rings. The summed E-state index contributed by atoms with van der Waals surface area (Å²) in [7, 11) is 0. The fourth-order valence-electron chi connectivity index (χ4n) is 2.66. The fourth-order valence-corrected chi connectivity index (χ4v) is 2.66. The maximum Gasteiger partial charge on any atom is 0.177 e. The van der Waals surface area contributed by atoms with Gasteiger partial charge in [-0.25, -0.2) is 14.6 Å². The third-order valence-electron chi connectivity index (χ3n) is 4.17. The molecule has 0 saturated carbocycles. The molecule has 0 aliphatic carbocycles. The van der Waals surface area contributed by atoms with E-state index in [0.717, 1.165) is 11.3 Å². The first-order chi connectivity index (χ1) is 13.2. The summed E-state index contributed by atoms with van der Waals surface area (Å²) < 4.78 is 3.22. The maximum absolute atomic E-state index is 8.84. The van der Waals surface area contributed by atoms with Gasteiger partial charge in [-0.2, -0.15) is 10.4 Å². The lowest BCUT2D eigenvalue weighted by Gasteiger charge is -2.04. The van der Waals surface area contributed by atoms with Crippen LogP contribution in [0.2, 0.25) is 0 Å². The molecular weight excluding hydrogens is 338 g/mol. The summed E-state index contributed by atoms with van der Waals surface area (Å²) in [5.74, 6) is 0. The van der Waals surface area contributed by atoms with Crippen molar-refractivity contribution in [2.24, 2.45) is 5.10 Å². The molecule has 1 N–H and O–H groups in total. The fraction of sp³-hybridized carbons (Fsp3) is 0.0500. The van der Waals surface area contributed by atoms with Crippen molar-refractivity contribution in [2.45, 2.75) is 6.92 Å². The average molecular weight is 353 g/mol. The number of aromatic nitrogens is 4. The summed E-state index contributed by atoms with van der Waals surface area (Å²) in [6.07, 6.45) is 4.77. The number of imidazole rings is 1. The summed E-state index contributed by atoms with van der Waals surface area (Å²) in [4.78, 5) is 8.76. The molecule has 0 unspecified atom stereocenters. The van der Waals surface area contributed by atoms with Gasteiger partial charge in [0.1, 0.15) is 12.7 Å². The van der Waals surface area contributed by atoms with Crippen LogP contribution < -0.4 is 5.49 Å². The molecule has 27 heavy (non-hydrogen) atoms. The molecule has 0 aliphatic rings. The Morgan fingerprint density at radius 3 is 2.48 bits per heavy atom. The highest BCUT2D eigenvalue weighted by Crippen LogP contribution is 2.14. The second-order valence-electron chi connectivity index (χ2n) is 6.04. The molecule has 7 heteroatoms. The smallest absolute Gasteiger partial charge is 0.177 e. The molecule has 0 aliphatic heterocycles. The van der Waals surface area contributed by atoms with Crippen molar-refractivity contribution in [1.82, 2.24) is 19.2 Å². The minimum absolute atomic E-state index is 0.149. The third-order valence-corrected chi connectivity index (χ3v) is 4.17. The number of nitrogens with one attached hydrogen (secondary N) is 1. The molecule has 0 spiro atoms. The zero-order valence-corrected chi connectivity index (χ0v) is 14.5. The monoisotopic (exact) mass is 353 g/mol. The van der Waals surface area contributed by atoms with E-state index in [1.807, 2.05) is 35.8 Å². The lowest BCUT2D eigenvalue weighted by atomic mass is 10.2. The number of rotatable bonds is 3. The molecule has 2 heterocycles. The number of aryl methyl sites for hydroxylation is 1. The van der Waals surface area contributed by atoms with Gasteiger partial charge in [-0.3, -0.25) is 9.98 Å². The van der Waals surface area contributed by atoms with Crippen LogP contribution in [0.5, 0.6) is 0 Å². The van der Waals surface area contributed by atoms with E-state index in [-0.39, 0.29) is 5.49 Å². The van der Waals surface area contributed by atoms with Crippen molar-refractivity contribution >= 4 is 17.4 Å². The number of benzene rings is 2. The first-order valence-electron chi connectivity index (χ1n) is 8.26. The standard InChI is InChI=1S/C20H15N7/c1-14-2-8-17(9-3-14)26-12-23-18-19(22)27(13-24-20(18)26)25-11-16-6-4-15(10-21)5-7-16/h2-9,11-13,22H,1H3/b22-19?,25-11-. The Morgan fingerprint density at radius 2 is 1.78 bits per heavy atom. The van der Waals surface area contributed by atoms with Crippen LogP contribution >= 0.6 is 0 Å². The normalized spacial score (nSPS) is 11.1. The number of nitrogens with zero attached hydrogens (tertiary/aromatic N) is 6. The van der Waals surface area contributed by atoms with Gasteiger partial charge in [0, 0.05) is 5.69 Å². The van der Waals surface area contributed by atoms with E-state index in [0.29, 0.717) is 16.7 Å². The van der Waals surface area contributed by atoms with Gasteiger partial charge in [-0.05, 0) is 36.8 Å². The lowest BCUT2D eigenvalue weighted by molar-refractivity contribution is 0.779. The zero-order chi connectivity index (χ0) is 18.8. The summed E-state index contributed by atoms with van der Waals surface area (Å²) in [6, 6.07) is 17.1. The Hall–Kier alpha value is -4.05. The summed E-state index contributed by atoms with van der Waals surface area (Å²) in [6.45, 7) is 2.03. The van der Waals surface area contributed by atoms with Crippen LogP contribution in [0.15, 0.2) is 66.3 Å². The topological polar surface area (TPSA) is 95.6 Å². The molecule has 130 valence electrons. The molecule has 7 nitrogen and oxygen atoms in total. The Bertz CT molecular complexity index is 1240. The van der Waals surface area contributed by atoms with Crippen molar-refractivity contribution in [3.05, 3.63) is 83.4 Å². The largest absolute Gasteiger partial charge is 0.283 e. The number of fused-ring (bicyclic) bond motifs is 1. The van der Waals surface area contributed by atoms with Crippen molar-refractivity contribution in [3.8, 4) is 11.8 Å². The first kappa shape index (κ1) is 16.4. The van der Waals surface area contributed by atoms with E-state index >= 15 is 0 Å². The summed E-state index contributed by atoms with van der Waals surface area (Å²) >= 11 is 0. The van der Waals surface area contributed by atoms with Crippen LogP contribution in [-0.4, -0.2) is 25.4 Å². The van der Waals surface area contributed by atoms with Crippen LogP contribution in [0.1, 0.15) is 16.7 Å². The summed E-state index contributed by atoms with van der Waals surface area (Å²) in [5, 5.41) is 21.5. The number of hydrogen-bond donors (Lipinski definition) is 1. The van der Waals surface area contributed by atoms with Crippen LogP contribution in [0, 0.1) is 23.7 Å². The number of nitriles is 1. The van der Waals surface area contributed by atoms with Gasteiger partial charge in [-0.1, -0.05) is 29.8 Å². The van der Waals surface area contributed by atoms with Crippen molar-refractivity contribution in [3.63, 3.8) is 0 Å². The molecule has 0 amide bonds. The Morgan fingerprint density at radius 1 is 1.04 bits per heavy atom. The number of hydrogen-bond acceptors (Lipinski definition) is 5. The molecule has 4 rings (SSSR count). The van der Waals surface area contributed by atoms with E-state index in [4.69, 9.17) is 10.7 Å². The van der Waals surface area contributed by atoms with Gasteiger partial charge in [0.25, 0.3) is 0 Å². The minimum atomic E-state index is 0.149. The molecular formula is C20H15N7. The van der Waals surface area contributed by atoms with Crippen LogP contribution in [0.3, 0.4) is 0 Å². The van der Waals surface area contributed by atoms with Crippen LogP contribution in [0.4, 0.5) is 0 Å². The van der Waals surface area contributed by atoms with Crippen molar-refractivity contribution in [2.75, 3.05) is 0 Å². The molecule has 0 bridgehead atoms. The molecule has 4 aromatic rings. The second-order valence-corrected chi connectivity index (χ2v) is 6.04. The van der Waals surface area contributed by atoms with E-state index in [9.17, 15) is 0 Å². The minimum Gasteiger partial charge on any atom is -0.283 e. The SMILES string of the molecule is Cc1ccc(-n2cnc3c(=N)n(/N=C\c4ccc(C#N)cc4)cnc32)cc1. The first-order valence-corrected chi connectivity index (χ1v) is 8.26. The molecule has 0 saturated heterocycles. The third kappa shape index (κ3) is 3.12. The molecule has 2 aromatic carbocycles. The van der Waals surface area contributed by atoms with Gasteiger partial charge < -0.3 is 0 Å². The van der Waals surface area contributed by atoms with Gasteiger partial charge in [-0.15, -0.1) is 0 Å². The predicted octanol–water partition coefficient (Wildman–Crippen LogP) is 2.76. The van der Waals surface area contributed by atoms with E-state index in [1.54, 1.807) is 36.8 Å². The van der Waals surface area contributed by atoms with E-state index in [1.165, 1.54) is 16.6 Å². The van der Waals surface area contributed by atoms with Crippen LogP contribution in [0.25, 0.3) is 16.9 Å². The van der Waals surface area contributed by atoms with Crippen molar-refractivity contribution in [1.29, 1.82) is 10.7 Å². The van der Waals surface area contributed by atoms with Gasteiger partial charge >= 0.3 is 0 Å². The predicted molar refractivity (Wildman–Crippen MR) is 102 cm³/mol. The lowest BCUT2D eigenvalue weighted by Crippen LogP contribution is -2.18. The Balaban J connectivity index is 1.70. The van der Waals surface area contributed by atoms with Gasteiger partial charge in [0.05, 0.1) is 17.8 Å². The molecule has 0 atom stereocenters. The molecule has 2 aromatic heterocycles. The van der Waals surface area contributed by atoms with Crippen LogP contribution in [-0.2, 0) is 0 Å². The van der Waals surface area contributed by atoms with E-state index in [2.05, 4.69) is 21.1 Å². The van der Waals surface area contributed by atoms with Crippen molar-refractivity contribution < 1.29 is 0 Å². The quantitative estimate of drug-likeness (QED) is 0.574. The Labute approximate surface area is 155 Å². The summed E-state index contributed by atoms with van der Waals surface area (Å²) in [5.41, 5.74) is 4.75. The highest BCUT2D eigenvalue weighted by Gasteiger charge is 2.09. The van der Waals surface area contributed by atoms with Gasteiger partial charge in [0.15, 0.2) is 16.7 Å². The highest BCUT2D eigenvalue weighted by molar-refractivity contribution is 5.79. The Kier molecular flexibility index (Phi) is 4.07.